The second kappa shape index (κ2) is 12.9. The van der Waals surface area contributed by atoms with Crippen LogP contribution in [0.4, 0.5) is 10.5 Å². The quantitative estimate of drug-likeness (QED) is 0.221. The zero-order valence-corrected chi connectivity index (χ0v) is 24.8. The van der Waals surface area contributed by atoms with Crippen molar-refractivity contribution in [2.45, 2.75) is 68.9 Å². The van der Waals surface area contributed by atoms with Gasteiger partial charge in [-0.2, -0.15) is 10.4 Å². The van der Waals surface area contributed by atoms with Crippen LogP contribution in [0, 0.1) is 17.2 Å². The molecule has 1 aliphatic heterocycles. The van der Waals surface area contributed by atoms with E-state index in [4.69, 9.17) is 9.47 Å². The molecule has 15 nitrogen and oxygen atoms in total. The Kier molecular flexibility index (Phi) is 8.69. The average Bonchev–Trinajstić information content (AvgIpc) is 3.85. The molecule has 1 amide bonds. The Bertz CT molecular complexity index is 1780. The van der Waals surface area contributed by atoms with Gasteiger partial charge in [-0.25, -0.2) is 19.6 Å². The van der Waals surface area contributed by atoms with Crippen molar-refractivity contribution < 1.29 is 39.5 Å². The number of aromatic nitrogens is 5. The summed E-state index contributed by atoms with van der Waals surface area (Å²) in [6.07, 6.45) is 2.29. The molecule has 1 aromatic carbocycles. The number of anilines is 1. The number of carbonyl (C=O) groups is 2. The van der Waals surface area contributed by atoms with Crippen molar-refractivity contribution in [1.82, 2.24) is 24.3 Å². The third-order valence-electron chi connectivity index (χ3n) is 8.72. The van der Waals surface area contributed by atoms with Gasteiger partial charge in [0.05, 0.1) is 36.1 Å². The predicted octanol–water partition coefficient (Wildman–Crippen LogP) is 2.32. The summed E-state index contributed by atoms with van der Waals surface area (Å²) >= 11 is 0. The Morgan fingerprint density at radius 3 is 2.63 bits per heavy atom. The van der Waals surface area contributed by atoms with Gasteiger partial charge in [0.1, 0.15) is 30.4 Å². The molecule has 4 aromatic rings. The number of carboxylic acids is 1. The minimum Gasteiger partial charge on any atom is -0.479 e. The summed E-state index contributed by atoms with van der Waals surface area (Å²) in [6.45, 7) is 0. The molecule has 4 heterocycles. The van der Waals surface area contributed by atoms with Crippen LogP contribution >= 0.6 is 0 Å². The molecule has 1 saturated heterocycles. The number of aliphatic carboxylic acids is 1. The molecule has 0 spiro atoms. The Balaban J connectivity index is 1.26. The Labute approximate surface area is 262 Å². The predicted molar refractivity (Wildman–Crippen MR) is 161 cm³/mol. The van der Waals surface area contributed by atoms with E-state index < -0.39 is 42.7 Å². The lowest BCUT2D eigenvalue weighted by Crippen LogP contribution is -2.61. The Morgan fingerprint density at radius 1 is 1.13 bits per heavy atom. The molecule has 6 rings (SSSR count). The number of benzene rings is 1. The summed E-state index contributed by atoms with van der Waals surface area (Å²) in [5, 5.41) is 54.6. The van der Waals surface area contributed by atoms with E-state index in [2.05, 4.69) is 21.1 Å². The number of nitrogens with zero attached hydrogens (tertiary/aromatic N) is 7. The zero-order valence-electron chi connectivity index (χ0n) is 24.8. The first kappa shape index (κ1) is 31.1. The van der Waals surface area contributed by atoms with Gasteiger partial charge in [-0.15, -0.1) is 0 Å². The third-order valence-corrected chi connectivity index (χ3v) is 8.72. The lowest BCUT2D eigenvalue weighted by Gasteiger charge is -2.38. The van der Waals surface area contributed by atoms with Crippen LogP contribution in [0.3, 0.4) is 0 Å². The van der Waals surface area contributed by atoms with Crippen LogP contribution in [0.2, 0.25) is 0 Å². The number of ether oxygens (including phenoxy) is 2. The van der Waals surface area contributed by atoms with E-state index in [0.29, 0.717) is 29.1 Å². The minimum absolute atomic E-state index is 0.0239. The van der Waals surface area contributed by atoms with E-state index >= 15 is 0 Å². The first-order chi connectivity index (χ1) is 22.2. The van der Waals surface area contributed by atoms with Gasteiger partial charge in [0, 0.05) is 30.4 Å². The van der Waals surface area contributed by atoms with Gasteiger partial charge in [0.15, 0.2) is 11.8 Å². The number of amides is 1. The van der Waals surface area contributed by atoms with Crippen molar-refractivity contribution in [1.29, 1.82) is 5.26 Å². The van der Waals surface area contributed by atoms with Crippen molar-refractivity contribution in [2.75, 3.05) is 11.9 Å². The van der Waals surface area contributed by atoms with E-state index in [1.54, 1.807) is 36.7 Å². The SMILES string of the molecule is CN(C(=O)n1ccc2c(-c3cnn(C(CC#N)C4CCCC4)c3)ncnc21)c1ccccc1O[C@@H]1O[C@H](C(=O)O)[C@@H](O)[C@H](O)[C@H]1O. The van der Waals surface area contributed by atoms with Gasteiger partial charge >= 0.3 is 12.0 Å². The van der Waals surface area contributed by atoms with E-state index in [9.17, 15) is 35.3 Å². The molecular formula is C31H33N7O8. The van der Waals surface area contributed by atoms with Crippen molar-refractivity contribution in [3.05, 3.63) is 55.2 Å². The van der Waals surface area contributed by atoms with Crippen LogP contribution in [-0.4, -0.2) is 94.5 Å². The fourth-order valence-corrected chi connectivity index (χ4v) is 6.26. The highest BCUT2D eigenvalue weighted by Crippen LogP contribution is 2.37. The van der Waals surface area contributed by atoms with E-state index in [1.165, 1.54) is 28.9 Å². The van der Waals surface area contributed by atoms with Crippen LogP contribution in [0.15, 0.2) is 55.2 Å². The van der Waals surface area contributed by atoms with Crippen molar-refractivity contribution in [3.8, 4) is 23.1 Å². The molecule has 4 N–H and O–H groups in total. The third kappa shape index (κ3) is 5.67. The first-order valence-electron chi connectivity index (χ1n) is 14.9. The average molecular weight is 632 g/mol. The van der Waals surface area contributed by atoms with Gasteiger partial charge in [-0.1, -0.05) is 25.0 Å². The molecule has 46 heavy (non-hydrogen) atoms. The molecule has 240 valence electrons. The van der Waals surface area contributed by atoms with E-state index in [0.717, 1.165) is 31.2 Å². The zero-order chi connectivity index (χ0) is 32.5. The Hall–Kier alpha value is -4.88. The molecule has 1 unspecified atom stereocenters. The molecule has 3 aromatic heterocycles. The number of para-hydroxylation sites is 2. The lowest BCUT2D eigenvalue weighted by molar-refractivity contribution is -0.271. The summed E-state index contributed by atoms with van der Waals surface area (Å²) in [5.41, 5.74) is 1.88. The van der Waals surface area contributed by atoms with Crippen LogP contribution in [0.1, 0.15) is 38.1 Å². The molecule has 0 radical (unpaired) electrons. The maximum absolute atomic E-state index is 13.8. The fourth-order valence-electron chi connectivity index (χ4n) is 6.26. The number of nitriles is 1. The Morgan fingerprint density at radius 2 is 1.89 bits per heavy atom. The summed E-state index contributed by atoms with van der Waals surface area (Å²) in [4.78, 5) is 35.5. The molecule has 2 aliphatic rings. The number of hydrogen-bond acceptors (Lipinski definition) is 11. The van der Waals surface area contributed by atoms with Crippen LogP contribution < -0.4 is 9.64 Å². The number of rotatable bonds is 8. The largest absolute Gasteiger partial charge is 0.479 e. The number of aliphatic hydroxyl groups is 3. The summed E-state index contributed by atoms with van der Waals surface area (Å²) < 4.78 is 14.2. The molecule has 0 bridgehead atoms. The second-order valence-corrected chi connectivity index (χ2v) is 11.5. The fraction of sp³-hybridized carbons (Fsp3) is 0.419. The van der Waals surface area contributed by atoms with E-state index in [1.807, 2.05) is 10.9 Å². The maximum Gasteiger partial charge on any atom is 0.335 e. The number of fused-ring (bicyclic) bond motifs is 1. The van der Waals surface area contributed by atoms with Gasteiger partial charge in [0.25, 0.3) is 0 Å². The highest BCUT2D eigenvalue weighted by molar-refractivity contribution is 6.02. The molecule has 2 fully saturated rings. The van der Waals surface area contributed by atoms with Crippen molar-refractivity contribution >= 4 is 28.7 Å². The van der Waals surface area contributed by atoms with Gasteiger partial charge in [0.2, 0.25) is 6.29 Å². The first-order valence-corrected chi connectivity index (χ1v) is 14.9. The standard InChI is InChI=1S/C31H33N7O8/c1-36(21-8-4-5-9-22(21)45-30-26(41)24(39)25(40)27(46-30)29(42)43)31(44)37-13-11-19-23(33-16-34-28(19)37)18-14-35-38(15-18)20(10-12-32)17-6-2-3-7-17/h4-5,8-9,11,13-17,20,24-27,30,39-41H,2-3,6-7,10H2,1H3,(H,42,43)/t20?,24-,25-,26+,27-,30+/m0/s1. The van der Waals surface area contributed by atoms with Crippen LogP contribution in [0.5, 0.6) is 5.75 Å². The minimum atomic E-state index is -1.87. The van der Waals surface area contributed by atoms with Gasteiger partial charge in [-0.3, -0.25) is 14.1 Å². The van der Waals surface area contributed by atoms with Gasteiger partial charge in [-0.05, 0) is 37.0 Å². The molecule has 15 heteroatoms. The highest BCUT2D eigenvalue weighted by atomic mass is 16.7. The van der Waals surface area contributed by atoms with Gasteiger partial charge < -0.3 is 29.9 Å². The van der Waals surface area contributed by atoms with Crippen LogP contribution in [0.25, 0.3) is 22.3 Å². The smallest absolute Gasteiger partial charge is 0.335 e. The number of hydrogen-bond donors (Lipinski definition) is 4. The van der Waals surface area contributed by atoms with Crippen molar-refractivity contribution in [2.24, 2.45) is 5.92 Å². The summed E-state index contributed by atoms with van der Waals surface area (Å²) in [6, 6.07) is 9.79. The molecular weight excluding hydrogens is 598 g/mol. The van der Waals surface area contributed by atoms with Crippen LogP contribution in [-0.2, 0) is 9.53 Å². The topological polar surface area (TPSA) is 209 Å². The second-order valence-electron chi connectivity index (χ2n) is 11.5. The normalized spacial score (nSPS) is 24.0. The number of carboxylic acid groups (broad SMARTS) is 1. The molecule has 1 aliphatic carbocycles. The lowest BCUT2D eigenvalue weighted by atomic mass is 9.96. The number of carbonyl (C=O) groups excluding carboxylic acids is 1. The maximum atomic E-state index is 13.8. The number of aliphatic hydroxyl groups excluding tert-OH is 3. The van der Waals surface area contributed by atoms with Crippen molar-refractivity contribution in [3.63, 3.8) is 0 Å². The van der Waals surface area contributed by atoms with E-state index in [-0.39, 0.29) is 17.5 Å². The highest BCUT2D eigenvalue weighted by Gasteiger charge is 2.48. The molecule has 6 atom stereocenters. The molecule has 1 saturated carbocycles. The summed E-state index contributed by atoms with van der Waals surface area (Å²) in [5.74, 6) is -1.11. The summed E-state index contributed by atoms with van der Waals surface area (Å²) in [7, 11) is 1.50. The monoisotopic (exact) mass is 631 g/mol.